The second-order valence-electron chi connectivity index (χ2n) is 8.49. The summed E-state index contributed by atoms with van der Waals surface area (Å²) in [7, 11) is 5.99. The lowest BCUT2D eigenvalue weighted by atomic mass is 9.86. The van der Waals surface area contributed by atoms with Gasteiger partial charge in [-0.05, 0) is 42.3 Å². The van der Waals surface area contributed by atoms with E-state index in [2.05, 4.69) is 14.1 Å². The summed E-state index contributed by atoms with van der Waals surface area (Å²) in [5.41, 5.74) is 3.20. The summed E-state index contributed by atoms with van der Waals surface area (Å²) >= 11 is 0. The predicted octanol–water partition coefficient (Wildman–Crippen LogP) is 4.17. The molecule has 164 valence electrons. The first-order chi connectivity index (χ1) is 14.9. The molecule has 0 bridgehead atoms. The lowest BCUT2D eigenvalue weighted by Gasteiger charge is -2.43. The number of nitrogens with zero attached hydrogens (tertiary/aromatic N) is 1. The Kier molecular flexibility index (Phi) is 5.92. The second kappa shape index (κ2) is 8.63. The Morgan fingerprint density at radius 3 is 2.71 bits per heavy atom. The molecule has 0 radical (unpaired) electrons. The quantitative estimate of drug-likeness (QED) is 0.493. The van der Waals surface area contributed by atoms with E-state index in [1.807, 2.05) is 43.3 Å². The van der Waals surface area contributed by atoms with Crippen LogP contribution in [0.4, 0.5) is 0 Å². The zero-order valence-electron chi connectivity index (χ0n) is 18.6. The van der Waals surface area contributed by atoms with Gasteiger partial charge in [-0.15, -0.1) is 0 Å². The van der Waals surface area contributed by atoms with Crippen LogP contribution in [0.2, 0.25) is 0 Å². The Hall–Kier alpha value is -2.99. The summed E-state index contributed by atoms with van der Waals surface area (Å²) in [4.78, 5) is 13.0. The average molecular weight is 425 g/mol. The van der Waals surface area contributed by atoms with Gasteiger partial charge in [-0.1, -0.05) is 18.2 Å². The van der Waals surface area contributed by atoms with Gasteiger partial charge >= 0.3 is 0 Å². The Morgan fingerprint density at radius 1 is 1.23 bits per heavy atom. The summed E-state index contributed by atoms with van der Waals surface area (Å²) in [5.74, 6) is 2.98. The van der Waals surface area contributed by atoms with Crippen molar-refractivity contribution >= 4 is 11.9 Å². The molecule has 0 fully saturated rings. The molecular weight excluding hydrogens is 394 g/mol. The number of carbonyl (C=O) groups is 1. The number of likely N-dealkylation sites (N-methyl/N-ethyl adjacent to an activating group) is 1. The van der Waals surface area contributed by atoms with Crippen LogP contribution in [0.5, 0.6) is 23.0 Å². The third kappa shape index (κ3) is 4.26. The van der Waals surface area contributed by atoms with Crippen LogP contribution in [-0.4, -0.2) is 51.4 Å². The highest BCUT2D eigenvalue weighted by Gasteiger charge is 2.41. The maximum absolute atomic E-state index is 13.0. The number of hydrogen-bond acceptors (Lipinski definition) is 5. The molecule has 0 saturated carbocycles. The molecule has 0 aliphatic carbocycles. The molecular formula is C25H30NO5+. The van der Waals surface area contributed by atoms with Crippen LogP contribution in [0, 0.1) is 0 Å². The molecule has 2 heterocycles. The van der Waals surface area contributed by atoms with Crippen LogP contribution >= 0.6 is 0 Å². The lowest BCUT2D eigenvalue weighted by Crippen LogP contribution is -2.48. The third-order valence-electron chi connectivity index (χ3n) is 6.13. The standard InChI is InChI=1S/C25H30NO5/c1-5-29-20-10-7-17(8-11-20)6-9-19(27)15-21-23-18(12-13-26(21,2)3)14-22-24(25(23)28-4)31-16-30-22/h6-11,14,21H,5,12-13,15-16H2,1-4H3/q+1/b9-6+/t21-/m0/s1. The van der Waals surface area contributed by atoms with Crippen LogP contribution in [0.25, 0.3) is 6.08 Å². The highest BCUT2D eigenvalue weighted by atomic mass is 16.7. The number of allylic oxidation sites excluding steroid dienone is 1. The highest BCUT2D eigenvalue weighted by molar-refractivity contribution is 5.94. The van der Waals surface area contributed by atoms with Gasteiger partial charge in [0.2, 0.25) is 12.5 Å². The second-order valence-corrected chi connectivity index (χ2v) is 8.49. The zero-order chi connectivity index (χ0) is 22.0. The van der Waals surface area contributed by atoms with E-state index in [1.165, 1.54) is 5.56 Å². The van der Waals surface area contributed by atoms with E-state index in [0.717, 1.165) is 35.6 Å². The smallest absolute Gasteiger partial charge is 0.231 e. The Bertz CT molecular complexity index is 994. The Labute approximate surface area is 183 Å². The summed E-state index contributed by atoms with van der Waals surface area (Å²) in [6, 6.07) is 9.76. The Morgan fingerprint density at radius 2 is 2.00 bits per heavy atom. The van der Waals surface area contributed by atoms with Crippen LogP contribution in [0.1, 0.15) is 36.1 Å². The summed E-state index contributed by atoms with van der Waals surface area (Å²) in [6.45, 7) is 3.73. The molecule has 0 aromatic heterocycles. The van der Waals surface area contributed by atoms with E-state index in [0.29, 0.717) is 29.0 Å². The van der Waals surface area contributed by atoms with Gasteiger partial charge in [-0.25, -0.2) is 0 Å². The monoisotopic (exact) mass is 424 g/mol. The van der Waals surface area contributed by atoms with Crippen molar-refractivity contribution in [2.24, 2.45) is 0 Å². The summed E-state index contributed by atoms with van der Waals surface area (Å²) in [6.07, 6.45) is 4.83. The van der Waals surface area contributed by atoms with Crippen molar-refractivity contribution < 1.29 is 28.2 Å². The molecule has 0 spiro atoms. The van der Waals surface area contributed by atoms with E-state index < -0.39 is 0 Å². The molecule has 2 aliphatic rings. The number of quaternary nitrogens is 1. The number of fused-ring (bicyclic) bond motifs is 2. The highest BCUT2D eigenvalue weighted by Crippen LogP contribution is 2.51. The van der Waals surface area contributed by atoms with Crippen LogP contribution < -0.4 is 18.9 Å². The SMILES string of the molecule is CCOc1ccc(/C=C/C(=O)C[C@H]2c3c(cc4c(c3OC)OCO4)CC[N+]2(C)C)cc1. The van der Waals surface area contributed by atoms with E-state index in [9.17, 15) is 4.79 Å². The van der Waals surface area contributed by atoms with E-state index in [4.69, 9.17) is 18.9 Å². The number of carbonyl (C=O) groups excluding carboxylic acids is 1. The number of benzene rings is 2. The molecule has 31 heavy (non-hydrogen) atoms. The van der Waals surface area contributed by atoms with Crippen molar-refractivity contribution in [3.63, 3.8) is 0 Å². The maximum Gasteiger partial charge on any atom is 0.231 e. The fourth-order valence-corrected chi connectivity index (χ4v) is 4.40. The molecule has 6 nitrogen and oxygen atoms in total. The largest absolute Gasteiger partial charge is 0.494 e. The summed E-state index contributed by atoms with van der Waals surface area (Å²) in [5, 5.41) is 0. The normalized spacial score (nSPS) is 18.6. The summed E-state index contributed by atoms with van der Waals surface area (Å²) < 4.78 is 23.2. The van der Waals surface area contributed by atoms with E-state index in [-0.39, 0.29) is 18.6 Å². The van der Waals surface area contributed by atoms with Gasteiger partial charge in [-0.2, -0.15) is 0 Å². The number of ketones is 1. The van der Waals surface area contributed by atoms with Crippen LogP contribution in [-0.2, 0) is 11.2 Å². The number of methoxy groups -OCH3 is 1. The number of hydrogen-bond donors (Lipinski definition) is 0. The minimum absolute atomic E-state index is 0.0225. The van der Waals surface area contributed by atoms with Crippen molar-refractivity contribution in [2.45, 2.75) is 25.8 Å². The van der Waals surface area contributed by atoms with Gasteiger partial charge in [0.1, 0.15) is 11.8 Å². The molecule has 4 rings (SSSR count). The first kappa shape index (κ1) is 21.2. The molecule has 1 atom stereocenters. The van der Waals surface area contributed by atoms with Crippen molar-refractivity contribution in [1.82, 2.24) is 0 Å². The third-order valence-corrected chi connectivity index (χ3v) is 6.13. The minimum atomic E-state index is -0.0225. The van der Waals surface area contributed by atoms with Crippen LogP contribution in [0.15, 0.2) is 36.4 Å². The maximum atomic E-state index is 13.0. The van der Waals surface area contributed by atoms with Gasteiger partial charge in [0.05, 0.1) is 46.3 Å². The average Bonchev–Trinajstić information content (AvgIpc) is 3.22. The topological polar surface area (TPSA) is 54.0 Å². The molecule has 0 N–H and O–H groups in total. The van der Waals surface area contributed by atoms with Gasteiger partial charge in [-0.3, -0.25) is 4.79 Å². The van der Waals surface area contributed by atoms with E-state index >= 15 is 0 Å². The van der Waals surface area contributed by atoms with Crippen molar-refractivity contribution in [1.29, 1.82) is 0 Å². The first-order valence-corrected chi connectivity index (χ1v) is 10.7. The van der Waals surface area contributed by atoms with E-state index in [1.54, 1.807) is 13.2 Å². The first-order valence-electron chi connectivity index (χ1n) is 10.7. The van der Waals surface area contributed by atoms with Gasteiger partial charge in [0, 0.05) is 6.42 Å². The fourth-order valence-electron chi connectivity index (χ4n) is 4.40. The molecule has 0 amide bonds. The molecule has 2 aromatic carbocycles. The molecule has 2 aliphatic heterocycles. The van der Waals surface area contributed by atoms with Gasteiger partial charge in [0.25, 0.3) is 0 Å². The van der Waals surface area contributed by atoms with Crippen molar-refractivity contribution in [2.75, 3.05) is 41.1 Å². The fraction of sp³-hybridized carbons (Fsp3) is 0.400. The number of rotatable bonds is 7. The van der Waals surface area contributed by atoms with Gasteiger partial charge < -0.3 is 23.4 Å². The minimum Gasteiger partial charge on any atom is -0.494 e. The van der Waals surface area contributed by atoms with Gasteiger partial charge in [0.15, 0.2) is 17.3 Å². The Balaban J connectivity index is 1.58. The molecule has 2 aromatic rings. The molecule has 0 saturated heterocycles. The lowest BCUT2D eigenvalue weighted by molar-refractivity contribution is -0.922. The predicted molar refractivity (Wildman–Crippen MR) is 119 cm³/mol. The van der Waals surface area contributed by atoms with Crippen LogP contribution in [0.3, 0.4) is 0 Å². The van der Waals surface area contributed by atoms with Crippen molar-refractivity contribution in [3.05, 3.63) is 53.1 Å². The number of ether oxygens (including phenoxy) is 4. The van der Waals surface area contributed by atoms with Crippen molar-refractivity contribution in [3.8, 4) is 23.0 Å². The zero-order valence-corrected chi connectivity index (χ0v) is 18.6. The molecule has 0 unspecified atom stereocenters. The molecule has 6 heteroatoms.